The summed E-state index contributed by atoms with van der Waals surface area (Å²) >= 11 is 0. The maximum atomic E-state index is 10.3. The Bertz CT molecular complexity index is 119. The van der Waals surface area contributed by atoms with E-state index >= 15 is 0 Å². The normalized spacial score (nSPS) is 20.8. The van der Waals surface area contributed by atoms with Gasteiger partial charge >= 0.3 is 0 Å². The summed E-state index contributed by atoms with van der Waals surface area (Å²) in [5.41, 5.74) is 6.68. The first-order valence-electron chi connectivity index (χ1n) is 3.63. The van der Waals surface area contributed by atoms with Crippen LogP contribution in [-0.2, 0) is 4.79 Å². The fraction of sp³-hybridized carbons (Fsp3) is 0.714. The summed E-state index contributed by atoms with van der Waals surface area (Å²) in [5.74, 6) is -0.582. The molecule has 10 heavy (non-hydrogen) atoms. The number of likely N-dealkylation sites (tertiary alicyclic amines) is 1. The molecular formula is C7H12N2O. The molecule has 56 valence electrons. The second-order valence-corrected chi connectivity index (χ2v) is 2.59. The highest BCUT2D eigenvalue weighted by Gasteiger charge is 2.11. The molecule has 1 saturated heterocycles. The first kappa shape index (κ1) is 7.54. The van der Waals surface area contributed by atoms with Gasteiger partial charge in [-0.1, -0.05) is 6.42 Å². The van der Waals surface area contributed by atoms with E-state index in [4.69, 9.17) is 5.73 Å². The SMILES string of the molecule is [NH]C(=O)[CH]N1CCCCC1. The molecule has 0 atom stereocenters. The average Bonchev–Trinajstić information content (AvgIpc) is 1.88. The number of nitrogens with zero attached hydrogens (tertiary/aromatic N) is 1. The van der Waals surface area contributed by atoms with Gasteiger partial charge in [-0.05, 0) is 25.9 Å². The third kappa shape index (κ3) is 2.35. The van der Waals surface area contributed by atoms with E-state index in [0.29, 0.717) is 0 Å². The highest BCUT2D eigenvalue weighted by molar-refractivity contribution is 5.81. The Hall–Kier alpha value is -0.570. The second kappa shape index (κ2) is 3.56. The molecule has 3 heteroatoms. The lowest BCUT2D eigenvalue weighted by Gasteiger charge is -2.23. The van der Waals surface area contributed by atoms with Gasteiger partial charge < -0.3 is 0 Å². The van der Waals surface area contributed by atoms with E-state index in [1.807, 2.05) is 4.90 Å². The predicted octanol–water partition coefficient (Wildman–Crippen LogP) is 0.444. The molecule has 1 N–H and O–H groups in total. The van der Waals surface area contributed by atoms with E-state index in [1.165, 1.54) is 13.0 Å². The summed E-state index contributed by atoms with van der Waals surface area (Å²) < 4.78 is 0. The number of piperidine rings is 1. The minimum absolute atomic E-state index is 0.582. The van der Waals surface area contributed by atoms with E-state index in [9.17, 15) is 4.79 Å². The van der Waals surface area contributed by atoms with Crippen molar-refractivity contribution in [1.82, 2.24) is 10.6 Å². The van der Waals surface area contributed by atoms with Crippen molar-refractivity contribution in [2.75, 3.05) is 13.1 Å². The Morgan fingerprint density at radius 3 is 2.40 bits per heavy atom. The van der Waals surface area contributed by atoms with Crippen LogP contribution >= 0.6 is 0 Å². The van der Waals surface area contributed by atoms with Crippen LogP contribution in [0.3, 0.4) is 0 Å². The number of carbonyl (C=O) groups excluding carboxylic acids is 1. The Balaban J connectivity index is 2.19. The van der Waals surface area contributed by atoms with Gasteiger partial charge in [-0.15, -0.1) is 0 Å². The topological polar surface area (TPSA) is 44.1 Å². The Morgan fingerprint density at radius 1 is 1.30 bits per heavy atom. The molecule has 1 aliphatic heterocycles. The van der Waals surface area contributed by atoms with Gasteiger partial charge in [-0.3, -0.25) is 15.4 Å². The van der Waals surface area contributed by atoms with Crippen LogP contribution in [0.5, 0.6) is 0 Å². The third-order valence-corrected chi connectivity index (χ3v) is 1.69. The fourth-order valence-corrected chi connectivity index (χ4v) is 1.21. The van der Waals surface area contributed by atoms with E-state index in [-0.39, 0.29) is 0 Å². The van der Waals surface area contributed by atoms with Gasteiger partial charge in [0.05, 0.1) is 0 Å². The monoisotopic (exact) mass is 140 g/mol. The van der Waals surface area contributed by atoms with Crippen molar-refractivity contribution in [3.05, 3.63) is 6.54 Å². The predicted molar refractivity (Wildman–Crippen MR) is 37.8 cm³/mol. The van der Waals surface area contributed by atoms with Crippen LogP contribution in [-0.4, -0.2) is 23.9 Å². The zero-order valence-corrected chi connectivity index (χ0v) is 5.97. The molecule has 1 amide bonds. The Labute approximate surface area is 61.2 Å². The molecule has 0 aromatic carbocycles. The minimum Gasteiger partial charge on any atom is -0.290 e. The smallest absolute Gasteiger partial charge is 0.257 e. The van der Waals surface area contributed by atoms with Crippen LogP contribution < -0.4 is 5.73 Å². The number of carbonyl (C=O) groups is 1. The summed E-state index contributed by atoms with van der Waals surface area (Å²) in [7, 11) is 0. The molecular weight excluding hydrogens is 128 g/mol. The molecule has 1 fully saturated rings. The molecule has 0 aromatic rings. The van der Waals surface area contributed by atoms with Crippen LogP contribution in [0.4, 0.5) is 0 Å². The molecule has 0 unspecified atom stereocenters. The van der Waals surface area contributed by atoms with E-state index in [0.717, 1.165) is 25.9 Å². The number of hydrogen-bond acceptors (Lipinski definition) is 2. The number of rotatable bonds is 2. The summed E-state index contributed by atoms with van der Waals surface area (Å²) in [6.07, 6.45) is 3.57. The molecule has 0 spiro atoms. The number of nitrogens with one attached hydrogen (secondary N) is 1. The Morgan fingerprint density at radius 2 is 1.90 bits per heavy atom. The zero-order chi connectivity index (χ0) is 7.40. The van der Waals surface area contributed by atoms with Crippen molar-refractivity contribution in [2.24, 2.45) is 0 Å². The second-order valence-electron chi connectivity index (χ2n) is 2.59. The third-order valence-electron chi connectivity index (χ3n) is 1.69. The molecule has 2 radical (unpaired) electrons. The van der Waals surface area contributed by atoms with Crippen LogP contribution in [0.2, 0.25) is 0 Å². The van der Waals surface area contributed by atoms with Crippen molar-refractivity contribution >= 4 is 5.91 Å². The van der Waals surface area contributed by atoms with Gasteiger partial charge in [0, 0.05) is 0 Å². The summed E-state index contributed by atoms with van der Waals surface area (Å²) in [6.45, 7) is 3.29. The van der Waals surface area contributed by atoms with Gasteiger partial charge in [0.2, 0.25) is 0 Å². The van der Waals surface area contributed by atoms with E-state index in [2.05, 4.69) is 0 Å². The molecule has 0 saturated carbocycles. The quantitative estimate of drug-likeness (QED) is 0.558. The van der Waals surface area contributed by atoms with Crippen LogP contribution in [0.25, 0.3) is 0 Å². The Kier molecular flexibility index (Phi) is 2.68. The molecule has 1 aliphatic rings. The maximum Gasteiger partial charge on any atom is 0.257 e. The number of amides is 1. The van der Waals surface area contributed by atoms with E-state index < -0.39 is 5.91 Å². The average molecular weight is 140 g/mol. The molecule has 3 nitrogen and oxygen atoms in total. The molecule has 0 bridgehead atoms. The van der Waals surface area contributed by atoms with Crippen molar-refractivity contribution in [2.45, 2.75) is 19.3 Å². The van der Waals surface area contributed by atoms with E-state index in [1.54, 1.807) is 0 Å². The van der Waals surface area contributed by atoms with Gasteiger partial charge in [0.15, 0.2) is 0 Å². The number of hydrogen-bond donors (Lipinski definition) is 0. The van der Waals surface area contributed by atoms with Crippen molar-refractivity contribution in [3.8, 4) is 0 Å². The zero-order valence-electron chi connectivity index (χ0n) is 5.97. The minimum atomic E-state index is -0.582. The summed E-state index contributed by atoms with van der Waals surface area (Å²) in [4.78, 5) is 12.2. The highest BCUT2D eigenvalue weighted by Crippen LogP contribution is 2.09. The molecule has 0 aromatic heterocycles. The molecule has 1 rings (SSSR count). The summed E-state index contributed by atoms with van der Waals surface area (Å²) in [6, 6.07) is 0. The lowest BCUT2D eigenvalue weighted by Crippen LogP contribution is -2.30. The van der Waals surface area contributed by atoms with Gasteiger partial charge in [0.25, 0.3) is 5.91 Å². The fourth-order valence-electron chi connectivity index (χ4n) is 1.21. The van der Waals surface area contributed by atoms with Crippen LogP contribution in [0, 0.1) is 6.54 Å². The lowest BCUT2D eigenvalue weighted by molar-refractivity contribution is -0.117. The van der Waals surface area contributed by atoms with Gasteiger partial charge in [-0.2, -0.15) is 0 Å². The maximum absolute atomic E-state index is 10.3. The highest BCUT2D eigenvalue weighted by atomic mass is 16.1. The molecule has 0 aliphatic carbocycles. The first-order valence-corrected chi connectivity index (χ1v) is 3.63. The van der Waals surface area contributed by atoms with Gasteiger partial charge in [-0.25, -0.2) is 0 Å². The van der Waals surface area contributed by atoms with Crippen molar-refractivity contribution < 1.29 is 4.79 Å². The van der Waals surface area contributed by atoms with Crippen molar-refractivity contribution in [3.63, 3.8) is 0 Å². The lowest BCUT2D eigenvalue weighted by atomic mass is 10.1. The van der Waals surface area contributed by atoms with Crippen molar-refractivity contribution in [1.29, 1.82) is 0 Å². The largest absolute Gasteiger partial charge is 0.290 e. The molecule has 1 heterocycles. The first-order chi connectivity index (χ1) is 4.79. The van der Waals surface area contributed by atoms with Gasteiger partial charge in [0.1, 0.15) is 6.54 Å². The van der Waals surface area contributed by atoms with Crippen LogP contribution in [0.1, 0.15) is 19.3 Å². The van der Waals surface area contributed by atoms with Crippen LogP contribution in [0.15, 0.2) is 0 Å². The standard InChI is InChI=1S/C7H12N2O/c8-7(10)6-9-4-2-1-3-5-9/h6,8H,1-5H2. The summed E-state index contributed by atoms with van der Waals surface area (Å²) in [5, 5.41) is 0.